The zero-order valence-corrected chi connectivity index (χ0v) is 10.5. The van der Waals surface area contributed by atoms with Crippen LogP contribution in [0.2, 0.25) is 0 Å². The minimum atomic E-state index is -0.545. The first kappa shape index (κ1) is 13.0. The monoisotopic (exact) mass is 258 g/mol. The second kappa shape index (κ2) is 5.44. The maximum atomic E-state index is 11.7. The van der Waals surface area contributed by atoms with Crippen LogP contribution in [0.3, 0.4) is 0 Å². The first-order chi connectivity index (χ1) is 9.06. The molecule has 0 heterocycles. The Balaban J connectivity index is 2.01. The number of hydrogen-bond donors (Lipinski definition) is 2. The average molecular weight is 258 g/mol. The molecule has 0 saturated carbocycles. The molecule has 19 heavy (non-hydrogen) atoms. The number of aromatic hydroxyl groups is 2. The van der Waals surface area contributed by atoms with Crippen LogP contribution in [0.25, 0.3) is 0 Å². The Bertz CT molecular complexity index is 588. The van der Waals surface area contributed by atoms with Crippen LogP contribution < -0.4 is 0 Å². The van der Waals surface area contributed by atoms with E-state index < -0.39 is 5.97 Å². The largest absolute Gasteiger partial charge is 0.504 e. The van der Waals surface area contributed by atoms with Gasteiger partial charge in [0.25, 0.3) is 0 Å². The number of aryl methyl sites for hydroxylation is 1. The lowest BCUT2D eigenvalue weighted by atomic mass is 10.1. The minimum absolute atomic E-state index is 0.167. The van der Waals surface area contributed by atoms with Crippen LogP contribution >= 0.6 is 0 Å². The fourth-order valence-electron chi connectivity index (χ4n) is 1.57. The molecule has 0 aliphatic heterocycles. The molecule has 0 saturated heterocycles. The lowest BCUT2D eigenvalue weighted by Crippen LogP contribution is -2.05. The molecule has 0 fully saturated rings. The van der Waals surface area contributed by atoms with Gasteiger partial charge in [-0.2, -0.15) is 0 Å². The van der Waals surface area contributed by atoms with Crippen molar-refractivity contribution in [3.05, 3.63) is 59.2 Å². The Morgan fingerprint density at radius 1 is 1.05 bits per heavy atom. The van der Waals surface area contributed by atoms with Crippen LogP contribution in [0, 0.1) is 6.92 Å². The molecule has 0 bridgehead atoms. The van der Waals surface area contributed by atoms with Crippen molar-refractivity contribution in [1.82, 2.24) is 0 Å². The molecule has 0 aliphatic carbocycles. The summed E-state index contributed by atoms with van der Waals surface area (Å²) < 4.78 is 5.12. The summed E-state index contributed by atoms with van der Waals surface area (Å²) in [5.41, 5.74) is 2.22. The number of carbonyl (C=O) groups is 1. The van der Waals surface area contributed by atoms with E-state index in [2.05, 4.69) is 0 Å². The molecule has 2 N–H and O–H groups in total. The first-order valence-electron chi connectivity index (χ1n) is 5.81. The van der Waals surface area contributed by atoms with E-state index in [1.807, 2.05) is 31.2 Å². The molecule has 2 aromatic rings. The summed E-state index contributed by atoms with van der Waals surface area (Å²) >= 11 is 0. The zero-order valence-electron chi connectivity index (χ0n) is 10.5. The number of esters is 1. The van der Waals surface area contributed by atoms with Gasteiger partial charge in [-0.1, -0.05) is 29.8 Å². The van der Waals surface area contributed by atoms with Crippen molar-refractivity contribution < 1.29 is 19.7 Å². The zero-order chi connectivity index (χ0) is 13.8. The predicted octanol–water partition coefficient (Wildman–Crippen LogP) is 2.76. The fourth-order valence-corrected chi connectivity index (χ4v) is 1.57. The van der Waals surface area contributed by atoms with Crippen molar-refractivity contribution in [3.63, 3.8) is 0 Å². The summed E-state index contributed by atoms with van der Waals surface area (Å²) in [6.07, 6.45) is 0. The van der Waals surface area contributed by atoms with Crippen molar-refractivity contribution in [2.24, 2.45) is 0 Å². The molecular weight excluding hydrogens is 244 g/mol. The van der Waals surface area contributed by atoms with Gasteiger partial charge in [-0.25, -0.2) is 4.79 Å². The molecule has 0 aliphatic rings. The summed E-state index contributed by atoms with van der Waals surface area (Å²) in [4.78, 5) is 11.7. The smallest absolute Gasteiger partial charge is 0.338 e. The Morgan fingerprint density at radius 3 is 2.37 bits per heavy atom. The number of hydrogen-bond acceptors (Lipinski definition) is 4. The standard InChI is InChI=1S/C15H14O4/c1-10-2-4-11(5-3-10)9-19-15(18)12-6-7-13(16)14(17)8-12/h2-8,16-17H,9H2,1H3. The topological polar surface area (TPSA) is 66.8 Å². The van der Waals surface area contributed by atoms with Gasteiger partial charge < -0.3 is 14.9 Å². The van der Waals surface area contributed by atoms with Crippen LogP contribution in [-0.4, -0.2) is 16.2 Å². The van der Waals surface area contributed by atoms with Crippen LogP contribution in [0.4, 0.5) is 0 Å². The summed E-state index contributed by atoms with van der Waals surface area (Å²) in [6, 6.07) is 11.5. The molecule has 98 valence electrons. The third kappa shape index (κ3) is 3.25. The second-order valence-electron chi connectivity index (χ2n) is 4.27. The van der Waals surface area contributed by atoms with Crippen molar-refractivity contribution in [1.29, 1.82) is 0 Å². The van der Waals surface area contributed by atoms with Crippen molar-refractivity contribution in [3.8, 4) is 11.5 Å². The molecule has 4 heteroatoms. The van der Waals surface area contributed by atoms with Gasteiger partial charge in [0.15, 0.2) is 11.5 Å². The van der Waals surface area contributed by atoms with Gasteiger partial charge in [-0.3, -0.25) is 0 Å². The highest BCUT2D eigenvalue weighted by Gasteiger charge is 2.10. The maximum Gasteiger partial charge on any atom is 0.338 e. The Labute approximate surface area is 110 Å². The molecule has 0 atom stereocenters. The third-order valence-corrected chi connectivity index (χ3v) is 2.70. The lowest BCUT2D eigenvalue weighted by molar-refractivity contribution is 0.0472. The SMILES string of the molecule is Cc1ccc(COC(=O)c2ccc(O)c(O)c2)cc1. The highest BCUT2D eigenvalue weighted by molar-refractivity contribution is 5.90. The molecule has 2 aromatic carbocycles. The van der Waals surface area contributed by atoms with Gasteiger partial charge in [0.2, 0.25) is 0 Å². The van der Waals surface area contributed by atoms with E-state index in [0.717, 1.165) is 11.1 Å². The van der Waals surface area contributed by atoms with E-state index in [1.165, 1.54) is 18.2 Å². The molecule has 4 nitrogen and oxygen atoms in total. The third-order valence-electron chi connectivity index (χ3n) is 2.70. The van der Waals surface area contributed by atoms with Gasteiger partial charge in [0.1, 0.15) is 6.61 Å². The van der Waals surface area contributed by atoms with E-state index in [9.17, 15) is 9.90 Å². The molecular formula is C15H14O4. The van der Waals surface area contributed by atoms with Gasteiger partial charge in [0.05, 0.1) is 5.56 Å². The van der Waals surface area contributed by atoms with E-state index in [4.69, 9.17) is 9.84 Å². The number of phenolic OH excluding ortho intramolecular Hbond substituents is 2. The van der Waals surface area contributed by atoms with Gasteiger partial charge in [-0.15, -0.1) is 0 Å². The summed E-state index contributed by atoms with van der Waals surface area (Å²) in [5.74, 6) is -1.16. The summed E-state index contributed by atoms with van der Waals surface area (Å²) in [6.45, 7) is 2.15. The predicted molar refractivity (Wildman–Crippen MR) is 70.1 cm³/mol. The van der Waals surface area contributed by atoms with E-state index in [-0.39, 0.29) is 23.7 Å². The fraction of sp³-hybridized carbons (Fsp3) is 0.133. The molecule has 0 radical (unpaired) electrons. The van der Waals surface area contributed by atoms with Crippen LogP contribution in [0.5, 0.6) is 11.5 Å². The quantitative estimate of drug-likeness (QED) is 0.656. The highest BCUT2D eigenvalue weighted by Crippen LogP contribution is 2.25. The van der Waals surface area contributed by atoms with E-state index in [0.29, 0.717) is 0 Å². The second-order valence-corrected chi connectivity index (χ2v) is 4.27. The van der Waals surface area contributed by atoms with Gasteiger partial charge in [-0.05, 0) is 30.7 Å². The first-order valence-corrected chi connectivity index (χ1v) is 5.81. The van der Waals surface area contributed by atoms with Gasteiger partial charge >= 0.3 is 5.97 Å². The Kier molecular flexibility index (Phi) is 3.71. The van der Waals surface area contributed by atoms with Crippen molar-refractivity contribution in [2.45, 2.75) is 13.5 Å². The number of ether oxygens (including phenoxy) is 1. The highest BCUT2D eigenvalue weighted by atomic mass is 16.5. The lowest BCUT2D eigenvalue weighted by Gasteiger charge is -2.06. The van der Waals surface area contributed by atoms with E-state index in [1.54, 1.807) is 0 Å². The van der Waals surface area contributed by atoms with Crippen LogP contribution in [-0.2, 0) is 11.3 Å². The molecule has 0 aromatic heterocycles. The van der Waals surface area contributed by atoms with Crippen LogP contribution in [0.15, 0.2) is 42.5 Å². The molecule has 0 amide bonds. The Morgan fingerprint density at radius 2 is 1.74 bits per heavy atom. The van der Waals surface area contributed by atoms with Crippen LogP contribution in [0.1, 0.15) is 21.5 Å². The summed E-state index contributed by atoms with van der Waals surface area (Å²) in [5, 5.41) is 18.5. The Hall–Kier alpha value is -2.49. The number of benzene rings is 2. The van der Waals surface area contributed by atoms with E-state index >= 15 is 0 Å². The minimum Gasteiger partial charge on any atom is -0.504 e. The number of carbonyl (C=O) groups excluding carboxylic acids is 1. The average Bonchev–Trinajstić information content (AvgIpc) is 2.41. The van der Waals surface area contributed by atoms with Crippen molar-refractivity contribution in [2.75, 3.05) is 0 Å². The molecule has 0 spiro atoms. The normalized spacial score (nSPS) is 10.2. The summed E-state index contributed by atoms with van der Waals surface area (Å²) in [7, 11) is 0. The maximum absolute atomic E-state index is 11.7. The van der Waals surface area contributed by atoms with Gasteiger partial charge in [0, 0.05) is 0 Å². The number of phenols is 2. The van der Waals surface area contributed by atoms with Crippen molar-refractivity contribution >= 4 is 5.97 Å². The number of rotatable bonds is 3. The molecule has 2 rings (SSSR count). The molecule has 0 unspecified atom stereocenters.